The smallest absolute Gasteiger partial charge is 0.220 e. The van der Waals surface area contributed by atoms with Crippen LogP contribution in [0.15, 0.2) is 24.3 Å². The molecule has 0 aromatic heterocycles. The topological polar surface area (TPSA) is 58.2 Å². The van der Waals surface area contributed by atoms with Crippen LogP contribution >= 0.6 is 0 Å². The van der Waals surface area contributed by atoms with E-state index >= 15 is 0 Å². The van der Waals surface area contributed by atoms with Crippen LogP contribution in [0, 0.1) is 5.92 Å². The third kappa shape index (κ3) is 5.26. The minimum Gasteiger partial charge on any atom is -0.356 e. The maximum atomic E-state index is 12.1. The zero-order valence-corrected chi connectivity index (χ0v) is 13.4. The van der Waals surface area contributed by atoms with Crippen molar-refractivity contribution in [1.29, 1.82) is 0 Å². The van der Waals surface area contributed by atoms with Crippen molar-refractivity contribution < 1.29 is 9.59 Å². The summed E-state index contributed by atoms with van der Waals surface area (Å²) in [7, 11) is 0. The van der Waals surface area contributed by atoms with Gasteiger partial charge in [0.15, 0.2) is 5.78 Å². The third-order valence-corrected chi connectivity index (χ3v) is 4.25. The Bertz CT molecular complexity index is 490. The molecule has 0 saturated carbocycles. The van der Waals surface area contributed by atoms with Gasteiger partial charge in [-0.2, -0.15) is 0 Å². The maximum Gasteiger partial charge on any atom is 0.220 e. The lowest BCUT2D eigenvalue weighted by molar-refractivity contribution is -0.121. The molecule has 0 aliphatic carbocycles. The minimum atomic E-state index is -0.0240. The van der Waals surface area contributed by atoms with Gasteiger partial charge < -0.3 is 10.6 Å². The first kappa shape index (κ1) is 16.7. The van der Waals surface area contributed by atoms with Crippen LogP contribution in [0.4, 0.5) is 0 Å². The summed E-state index contributed by atoms with van der Waals surface area (Å²) in [6.07, 6.45) is 3.85. The van der Waals surface area contributed by atoms with E-state index in [4.69, 9.17) is 0 Å². The van der Waals surface area contributed by atoms with Gasteiger partial charge in [0.25, 0.3) is 0 Å². The van der Waals surface area contributed by atoms with Crippen LogP contribution < -0.4 is 10.6 Å². The van der Waals surface area contributed by atoms with E-state index in [-0.39, 0.29) is 24.5 Å². The number of rotatable bonds is 7. The second-order valence-corrected chi connectivity index (χ2v) is 5.99. The van der Waals surface area contributed by atoms with Gasteiger partial charge in [-0.3, -0.25) is 9.59 Å². The predicted molar refractivity (Wildman–Crippen MR) is 88.0 cm³/mol. The van der Waals surface area contributed by atoms with Gasteiger partial charge in [-0.05, 0) is 43.8 Å². The zero-order chi connectivity index (χ0) is 15.8. The number of benzene rings is 1. The SMILES string of the molecule is CCc1ccc(C(=O)CCC(=O)NCC2CCCNC2)cc1. The van der Waals surface area contributed by atoms with Gasteiger partial charge in [-0.1, -0.05) is 31.2 Å². The summed E-state index contributed by atoms with van der Waals surface area (Å²) in [6, 6.07) is 7.66. The number of carbonyl (C=O) groups is 2. The molecule has 1 aromatic rings. The Morgan fingerprint density at radius 1 is 1.23 bits per heavy atom. The number of piperidine rings is 1. The Morgan fingerprint density at radius 2 is 2.00 bits per heavy atom. The number of hydrogen-bond acceptors (Lipinski definition) is 3. The predicted octanol–water partition coefficient (Wildman–Crippen LogP) is 2.33. The lowest BCUT2D eigenvalue weighted by Gasteiger charge is -2.22. The Kier molecular flexibility index (Phi) is 6.59. The fraction of sp³-hybridized carbons (Fsp3) is 0.556. The van der Waals surface area contributed by atoms with Crippen molar-refractivity contribution in [3.05, 3.63) is 35.4 Å². The van der Waals surface area contributed by atoms with E-state index in [0.29, 0.717) is 18.0 Å². The van der Waals surface area contributed by atoms with E-state index in [0.717, 1.165) is 25.9 Å². The summed E-state index contributed by atoms with van der Waals surface area (Å²) in [4.78, 5) is 23.9. The van der Waals surface area contributed by atoms with E-state index in [1.807, 2.05) is 24.3 Å². The minimum absolute atomic E-state index is 0.0240. The molecule has 4 nitrogen and oxygen atoms in total. The number of nitrogens with one attached hydrogen (secondary N) is 2. The number of Topliss-reactive ketones (excluding diaryl/α,β-unsaturated/α-hetero) is 1. The molecule has 2 N–H and O–H groups in total. The first-order valence-electron chi connectivity index (χ1n) is 8.28. The van der Waals surface area contributed by atoms with E-state index in [1.165, 1.54) is 12.0 Å². The molecule has 1 unspecified atom stereocenters. The molecule has 0 spiro atoms. The third-order valence-electron chi connectivity index (χ3n) is 4.25. The van der Waals surface area contributed by atoms with Crippen molar-refractivity contribution in [1.82, 2.24) is 10.6 Å². The molecular weight excluding hydrogens is 276 g/mol. The molecule has 1 aliphatic heterocycles. The monoisotopic (exact) mass is 302 g/mol. The summed E-state index contributed by atoms with van der Waals surface area (Å²) < 4.78 is 0. The molecule has 120 valence electrons. The van der Waals surface area contributed by atoms with Crippen molar-refractivity contribution in [2.45, 2.75) is 39.0 Å². The zero-order valence-electron chi connectivity index (χ0n) is 13.4. The van der Waals surface area contributed by atoms with Gasteiger partial charge in [0, 0.05) is 24.9 Å². The van der Waals surface area contributed by atoms with E-state index < -0.39 is 0 Å². The van der Waals surface area contributed by atoms with Gasteiger partial charge in [0.2, 0.25) is 5.91 Å². The highest BCUT2D eigenvalue weighted by Crippen LogP contribution is 2.10. The largest absolute Gasteiger partial charge is 0.356 e. The van der Waals surface area contributed by atoms with Crippen molar-refractivity contribution >= 4 is 11.7 Å². The average Bonchev–Trinajstić information content (AvgIpc) is 2.58. The number of hydrogen-bond donors (Lipinski definition) is 2. The van der Waals surface area contributed by atoms with Crippen LogP contribution in [0.5, 0.6) is 0 Å². The number of aryl methyl sites for hydroxylation is 1. The normalized spacial score (nSPS) is 18.0. The Hall–Kier alpha value is -1.68. The molecular formula is C18H26N2O2. The molecule has 22 heavy (non-hydrogen) atoms. The van der Waals surface area contributed by atoms with Crippen LogP contribution in [-0.4, -0.2) is 31.3 Å². The van der Waals surface area contributed by atoms with Gasteiger partial charge in [0.05, 0.1) is 0 Å². The molecule has 0 radical (unpaired) electrons. The molecule has 2 rings (SSSR count). The first-order chi connectivity index (χ1) is 10.7. The highest BCUT2D eigenvalue weighted by Gasteiger charge is 2.14. The van der Waals surface area contributed by atoms with E-state index in [2.05, 4.69) is 17.6 Å². The second-order valence-electron chi connectivity index (χ2n) is 5.99. The molecule has 1 amide bonds. The Morgan fingerprint density at radius 3 is 2.64 bits per heavy atom. The molecule has 1 fully saturated rings. The van der Waals surface area contributed by atoms with Crippen LogP contribution in [0.2, 0.25) is 0 Å². The molecule has 1 aromatic carbocycles. The van der Waals surface area contributed by atoms with Gasteiger partial charge in [-0.15, -0.1) is 0 Å². The fourth-order valence-electron chi connectivity index (χ4n) is 2.74. The molecule has 0 bridgehead atoms. The van der Waals surface area contributed by atoms with Crippen molar-refractivity contribution in [2.24, 2.45) is 5.92 Å². The second kappa shape index (κ2) is 8.69. The first-order valence-corrected chi connectivity index (χ1v) is 8.28. The lowest BCUT2D eigenvalue weighted by atomic mass is 9.99. The van der Waals surface area contributed by atoms with Crippen LogP contribution in [0.3, 0.4) is 0 Å². The summed E-state index contributed by atoms with van der Waals surface area (Å²) in [5.74, 6) is 0.538. The molecule has 1 aliphatic rings. The highest BCUT2D eigenvalue weighted by molar-refractivity contribution is 5.97. The van der Waals surface area contributed by atoms with Crippen molar-refractivity contribution in [3.8, 4) is 0 Å². The summed E-state index contributed by atoms with van der Waals surface area (Å²) in [6.45, 7) is 4.85. The standard InChI is InChI=1S/C18H26N2O2/c1-2-14-5-7-16(8-6-14)17(21)9-10-18(22)20-13-15-4-3-11-19-12-15/h5-8,15,19H,2-4,9-13H2,1H3,(H,20,22). The van der Waals surface area contributed by atoms with Crippen LogP contribution in [-0.2, 0) is 11.2 Å². The highest BCUT2D eigenvalue weighted by atomic mass is 16.2. The molecule has 1 heterocycles. The Balaban J connectivity index is 1.69. The summed E-state index contributed by atoms with van der Waals surface area (Å²) >= 11 is 0. The van der Waals surface area contributed by atoms with E-state index in [9.17, 15) is 9.59 Å². The summed E-state index contributed by atoms with van der Waals surface area (Å²) in [5, 5.41) is 6.28. The van der Waals surface area contributed by atoms with Gasteiger partial charge in [-0.25, -0.2) is 0 Å². The maximum absolute atomic E-state index is 12.1. The van der Waals surface area contributed by atoms with Crippen molar-refractivity contribution in [3.63, 3.8) is 0 Å². The summed E-state index contributed by atoms with van der Waals surface area (Å²) in [5.41, 5.74) is 1.91. The Labute approximate surface area is 132 Å². The quantitative estimate of drug-likeness (QED) is 0.760. The van der Waals surface area contributed by atoms with Gasteiger partial charge in [0.1, 0.15) is 0 Å². The van der Waals surface area contributed by atoms with Gasteiger partial charge >= 0.3 is 0 Å². The fourth-order valence-corrected chi connectivity index (χ4v) is 2.74. The number of amides is 1. The van der Waals surface area contributed by atoms with E-state index in [1.54, 1.807) is 0 Å². The number of carbonyl (C=O) groups excluding carboxylic acids is 2. The molecule has 4 heteroatoms. The number of ketones is 1. The lowest BCUT2D eigenvalue weighted by Crippen LogP contribution is -2.38. The molecule has 1 atom stereocenters. The van der Waals surface area contributed by atoms with Crippen molar-refractivity contribution in [2.75, 3.05) is 19.6 Å². The average molecular weight is 302 g/mol. The van der Waals surface area contributed by atoms with Crippen LogP contribution in [0.1, 0.15) is 48.5 Å². The van der Waals surface area contributed by atoms with Crippen LogP contribution in [0.25, 0.3) is 0 Å². The molecule has 1 saturated heterocycles.